The van der Waals surface area contributed by atoms with Gasteiger partial charge in [0.25, 0.3) is 0 Å². The molecule has 1 amide bonds. The van der Waals surface area contributed by atoms with E-state index in [4.69, 9.17) is 5.11 Å². The quantitative estimate of drug-likeness (QED) is 0.562. The lowest BCUT2D eigenvalue weighted by molar-refractivity contribution is -0.385. The Balaban J connectivity index is 1.77. The van der Waals surface area contributed by atoms with Crippen LogP contribution in [0.3, 0.4) is 0 Å². The standard InChI is InChI=1S/C11H11N5O5S/c17-9(1-2-15-5-7(3-13-15)16(20)21)12-4-10-14-8(6-22-10)11(18)19/h3,5-6H,1-2,4H2,(H,12,17)(H,18,19). The van der Waals surface area contributed by atoms with Crippen LogP contribution in [0.5, 0.6) is 0 Å². The minimum absolute atomic E-state index is 0.0573. The van der Waals surface area contributed by atoms with Gasteiger partial charge < -0.3 is 10.4 Å². The fraction of sp³-hybridized carbons (Fsp3) is 0.273. The Bertz CT molecular complexity index is 651. The van der Waals surface area contributed by atoms with Gasteiger partial charge in [-0.1, -0.05) is 0 Å². The van der Waals surface area contributed by atoms with Crippen molar-refractivity contribution in [2.75, 3.05) is 0 Å². The molecule has 116 valence electrons. The Morgan fingerprint density at radius 2 is 2.27 bits per heavy atom. The zero-order valence-electron chi connectivity index (χ0n) is 11.1. The summed E-state index contributed by atoms with van der Waals surface area (Å²) in [4.78, 5) is 36.1. The van der Waals surface area contributed by atoms with Gasteiger partial charge in [0.05, 0.1) is 11.5 Å². The van der Waals surface area contributed by atoms with E-state index in [1.165, 1.54) is 16.3 Å². The summed E-state index contributed by atoms with van der Waals surface area (Å²) in [6.07, 6.45) is 2.45. The van der Waals surface area contributed by atoms with Gasteiger partial charge in [0.15, 0.2) is 5.69 Å². The fourth-order valence-electron chi connectivity index (χ4n) is 1.54. The normalized spacial score (nSPS) is 10.4. The molecule has 0 unspecified atom stereocenters. The number of carboxylic acids is 1. The van der Waals surface area contributed by atoms with Crippen LogP contribution in [0.2, 0.25) is 0 Å². The van der Waals surface area contributed by atoms with Crippen molar-refractivity contribution in [3.63, 3.8) is 0 Å². The highest BCUT2D eigenvalue weighted by Gasteiger charge is 2.11. The maximum Gasteiger partial charge on any atom is 0.355 e. The summed E-state index contributed by atoms with van der Waals surface area (Å²) in [5.74, 6) is -1.40. The average Bonchev–Trinajstić information content (AvgIpc) is 3.12. The Morgan fingerprint density at radius 1 is 1.50 bits per heavy atom. The van der Waals surface area contributed by atoms with E-state index < -0.39 is 10.9 Å². The molecule has 2 aromatic rings. The number of nitrogens with one attached hydrogen (secondary N) is 1. The maximum atomic E-state index is 11.6. The summed E-state index contributed by atoms with van der Waals surface area (Å²) in [5, 5.41) is 27.5. The monoisotopic (exact) mass is 325 g/mol. The van der Waals surface area contributed by atoms with Crippen LogP contribution in [-0.2, 0) is 17.9 Å². The topological polar surface area (TPSA) is 140 Å². The summed E-state index contributed by atoms with van der Waals surface area (Å²) in [7, 11) is 0. The number of aromatic carboxylic acids is 1. The van der Waals surface area contributed by atoms with Crippen LogP contribution >= 0.6 is 11.3 Å². The van der Waals surface area contributed by atoms with Crippen LogP contribution < -0.4 is 5.32 Å². The van der Waals surface area contributed by atoms with Crippen molar-refractivity contribution < 1.29 is 19.6 Å². The zero-order chi connectivity index (χ0) is 16.1. The zero-order valence-corrected chi connectivity index (χ0v) is 11.9. The number of hydrogen-bond acceptors (Lipinski definition) is 7. The molecule has 22 heavy (non-hydrogen) atoms. The molecule has 2 aromatic heterocycles. The summed E-state index contributed by atoms with van der Waals surface area (Å²) in [6.45, 7) is 0.341. The number of aromatic nitrogens is 3. The molecular formula is C11H11N5O5S. The summed E-state index contributed by atoms with van der Waals surface area (Å²) >= 11 is 1.14. The fourth-order valence-corrected chi connectivity index (χ4v) is 2.25. The van der Waals surface area contributed by atoms with Crippen LogP contribution in [0, 0.1) is 10.1 Å². The second-order valence-electron chi connectivity index (χ2n) is 4.18. The number of aryl methyl sites for hydroxylation is 1. The molecule has 0 spiro atoms. The van der Waals surface area contributed by atoms with Crippen molar-refractivity contribution >= 4 is 28.9 Å². The van der Waals surface area contributed by atoms with Gasteiger partial charge in [-0.15, -0.1) is 11.3 Å². The third kappa shape index (κ3) is 4.09. The molecule has 0 saturated heterocycles. The molecule has 0 atom stereocenters. The molecule has 0 fully saturated rings. The van der Waals surface area contributed by atoms with Crippen LogP contribution in [0.4, 0.5) is 5.69 Å². The van der Waals surface area contributed by atoms with Gasteiger partial charge in [0, 0.05) is 18.3 Å². The smallest absolute Gasteiger partial charge is 0.355 e. The number of carbonyl (C=O) groups excluding carboxylic acids is 1. The molecule has 2 N–H and O–H groups in total. The Hall–Kier alpha value is -2.82. The molecular weight excluding hydrogens is 314 g/mol. The Morgan fingerprint density at radius 3 is 2.86 bits per heavy atom. The second kappa shape index (κ2) is 6.76. The van der Waals surface area contributed by atoms with E-state index in [1.807, 2.05) is 0 Å². The minimum Gasteiger partial charge on any atom is -0.476 e. The number of amides is 1. The summed E-state index contributed by atoms with van der Waals surface area (Å²) in [5.41, 5.74) is -0.192. The van der Waals surface area contributed by atoms with E-state index in [0.717, 1.165) is 17.5 Å². The third-order valence-electron chi connectivity index (χ3n) is 2.61. The van der Waals surface area contributed by atoms with Crippen LogP contribution in [0.25, 0.3) is 0 Å². The van der Waals surface area contributed by atoms with E-state index in [-0.39, 0.29) is 36.8 Å². The van der Waals surface area contributed by atoms with Crippen LogP contribution in [-0.4, -0.2) is 36.7 Å². The van der Waals surface area contributed by atoms with E-state index in [0.29, 0.717) is 5.01 Å². The lowest BCUT2D eigenvalue weighted by Gasteiger charge is -2.03. The van der Waals surface area contributed by atoms with Crippen molar-refractivity contribution in [1.82, 2.24) is 20.1 Å². The summed E-state index contributed by atoms with van der Waals surface area (Å²) in [6, 6.07) is 0. The highest BCUT2D eigenvalue weighted by atomic mass is 32.1. The lowest BCUT2D eigenvalue weighted by Crippen LogP contribution is -2.24. The van der Waals surface area contributed by atoms with Gasteiger partial charge in [-0.2, -0.15) is 5.10 Å². The molecule has 2 heterocycles. The molecule has 0 aliphatic rings. The lowest BCUT2D eigenvalue weighted by atomic mass is 10.4. The van der Waals surface area contributed by atoms with Gasteiger partial charge >= 0.3 is 11.7 Å². The molecule has 2 rings (SSSR count). The molecule has 0 radical (unpaired) electrons. The summed E-state index contributed by atoms with van der Waals surface area (Å²) < 4.78 is 1.31. The first-order chi connectivity index (χ1) is 10.5. The molecule has 0 aliphatic heterocycles. The van der Waals surface area contributed by atoms with Crippen molar-refractivity contribution in [3.05, 3.63) is 38.6 Å². The highest BCUT2D eigenvalue weighted by molar-refractivity contribution is 7.09. The first-order valence-electron chi connectivity index (χ1n) is 6.07. The Labute approximate surface area is 127 Å². The van der Waals surface area contributed by atoms with Crippen LogP contribution in [0.1, 0.15) is 21.9 Å². The van der Waals surface area contributed by atoms with Gasteiger partial charge in [-0.3, -0.25) is 19.6 Å². The number of thiazole rings is 1. The second-order valence-corrected chi connectivity index (χ2v) is 5.12. The number of nitro groups is 1. The SMILES string of the molecule is O=C(CCn1cc([N+](=O)[O-])cn1)NCc1nc(C(=O)O)cs1. The number of nitrogens with zero attached hydrogens (tertiary/aromatic N) is 4. The van der Waals surface area contributed by atoms with Crippen molar-refractivity contribution in [2.24, 2.45) is 0 Å². The average molecular weight is 325 g/mol. The molecule has 0 bridgehead atoms. The highest BCUT2D eigenvalue weighted by Crippen LogP contribution is 2.10. The van der Waals surface area contributed by atoms with Gasteiger partial charge in [-0.05, 0) is 0 Å². The van der Waals surface area contributed by atoms with Crippen molar-refractivity contribution in [3.8, 4) is 0 Å². The largest absolute Gasteiger partial charge is 0.476 e. The van der Waals surface area contributed by atoms with Crippen molar-refractivity contribution in [2.45, 2.75) is 19.5 Å². The number of carboxylic acid groups (broad SMARTS) is 1. The Kier molecular flexibility index (Phi) is 4.78. The molecule has 0 aliphatic carbocycles. The predicted molar refractivity (Wildman–Crippen MR) is 74.4 cm³/mol. The van der Waals surface area contributed by atoms with Crippen LogP contribution in [0.15, 0.2) is 17.8 Å². The number of carbonyl (C=O) groups is 2. The number of hydrogen-bond donors (Lipinski definition) is 2. The predicted octanol–water partition coefficient (Wildman–Crippen LogP) is 0.652. The third-order valence-corrected chi connectivity index (χ3v) is 3.45. The molecule has 0 aromatic carbocycles. The maximum absolute atomic E-state index is 11.6. The van der Waals surface area contributed by atoms with Gasteiger partial charge in [0.2, 0.25) is 5.91 Å². The van der Waals surface area contributed by atoms with E-state index in [1.54, 1.807) is 0 Å². The first-order valence-corrected chi connectivity index (χ1v) is 6.95. The molecule has 11 heteroatoms. The molecule has 10 nitrogen and oxygen atoms in total. The molecule has 0 saturated carbocycles. The van der Waals surface area contributed by atoms with E-state index in [2.05, 4.69) is 15.4 Å². The van der Waals surface area contributed by atoms with Gasteiger partial charge in [-0.25, -0.2) is 9.78 Å². The van der Waals surface area contributed by atoms with Gasteiger partial charge in [0.1, 0.15) is 17.4 Å². The number of rotatable bonds is 7. The van der Waals surface area contributed by atoms with E-state index in [9.17, 15) is 19.7 Å². The minimum atomic E-state index is -1.12. The first kappa shape index (κ1) is 15.6. The van der Waals surface area contributed by atoms with Crippen molar-refractivity contribution in [1.29, 1.82) is 0 Å². The van der Waals surface area contributed by atoms with E-state index >= 15 is 0 Å².